The van der Waals surface area contributed by atoms with Crippen LogP contribution < -0.4 is 5.56 Å². The number of aromatic amines is 1. The van der Waals surface area contributed by atoms with Crippen molar-refractivity contribution >= 4 is 12.2 Å². The highest BCUT2D eigenvalue weighted by atomic mass is 32.1. The Hall–Kier alpha value is -1.10. The van der Waals surface area contributed by atoms with Crippen molar-refractivity contribution < 1.29 is 5.11 Å². The van der Waals surface area contributed by atoms with Crippen molar-refractivity contribution in [1.82, 2.24) is 9.55 Å². The number of hydrogen-bond acceptors (Lipinski definition) is 3. The number of rotatable bonds is 1. The Morgan fingerprint density at radius 2 is 2.14 bits per heavy atom. The van der Waals surface area contributed by atoms with Gasteiger partial charge in [-0.2, -0.15) is 0 Å². The van der Waals surface area contributed by atoms with Crippen LogP contribution in [0.25, 0.3) is 0 Å². The van der Waals surface area contributed by atoms with Crippen molar-refractivity contribution in [2.24, 2.45) is 0 Å². The molecule has 5 heteroatoms. The lowest BCUT2D eigenvalue weighted by atomic mass is 10.2. The van der Waals surface area contributed by atoms with E-state index in [0.29, 0.717) is 4.77 Å². The lowest BCUT2D eigenvalue weighted by Gasteiger charge is -2.15. The molecule has 1 fully saturated rings. The maximum Gasteiger partial charge on any atom is 0.255 e. The molecule has 1 aliphatic rings. The highest BCUT2D eigenvalue weighted by molar-refractivity contribution is 7.71. The maximum atomic E-state index is 11.0. The zero-order chi connectivity index (χ0) is 10.1. The zero-order valence-electron chi connectivity index (χ0n) is 7.69. The SMILES string of the molecule is O=c1cc(O)n(C2CCCC2)c(=S)[nH]1. The second-order valence-electron chi connectivity index (χ2n) is 3.61. The average molecular weight is 212 g/mol. The summed E-state index contributed by atoms with van der Waals surface area (Å²) in [6.07, 6.45) is 4.36. The van der Waals surface area contributed by atoms with Crippen molar-refractivity contribution in [1.29, 1.82) is 0 Å². The van der Waals surface area contributed by atoms with Crippen LogP contribution in [0.3, 0.4) is 0 Å². The Balaban J connectivity index is 2.51. The molecule has 0 radical (unpaired) electrons. The molecule has 14 heavy (non-hydrogen) atoms. The Morgan fingerprint density at radius 3 is 2.71 bits per heavy atom. The van der Waals surface area contributed by atoms with Gasteiger partial charge >= 0.3 is 0 Å². The molecule has 1 saturated carbocycles. The predicted octanol–water partition coefficient (Wildman–Crippen LogP) is 1.73. The van der Waals surface area contributed by atoms with Crippen LogP contribution >= 0.6 is 12.2 Å². The molecule has 0 spiro atoms. The van der Waals surface area contributed by atoms with Gasteiger partial charge in [0.05, 0.1) is 6.07 Å². The van der Waals surface area contributed by atoms with Crippen LogP contribution in [0.5, 0.6) is 5.88 Å². The third kappa shape index (κ3) is 1.59. The molecule has 2 N–H and O–H groups in total. The number of H-pyrrole nitrogens is 1. The van der Waals surface area contributed by atoms with E-state index in [1.54, 1.807) is 4.57 Å². The molecule has 1 aromatic heterocycles. The number of hydrogen-bond donors (Lipinski definition) is 2. The molecule has 1 heterocycles. The van der Waals surface area contributed by atoms with E-state index in [4.69, 9.17) is 12.2 Å². The molecule has 1 aromatic rings. The Morgan fingerprint density at radius 1 is 1.50 bits per heavy atom. The molecular weight excluding hydrogens is 200 g/mol. The van der Waals surface area contributed by atoms with Gasteiger partial charge in [0.1, 0.15) is 0 Å². The van der Waals surface area contributed by atoms with Crippen LogP contribution in [0, 0.1) is 4.77 Å². The molecule has 76 valence electrons. The summed E-state index contributed by atoms with van der Waals surface area (Å²) in [6, 6.07) is 1.42. The summed E-state index contributed by atoms with van der Waals surface area (Å²) in [5.74, 6) is -0.0225. The molecule has 0 unspecified atom stereocenters. The summed E-state index contributed by atoms with van der Waals surface area (Å²) in [5.41, 5.74) is -0.346. The molecule has 0 atom stereocenters. The quantitative estimate of drug-likeness (QED) is 0.697. The van der Waals surface area contributed by atoms with Crippen LogP contribution in [0.15, 0.2) is 10.9 Å². The van der Waals surface area contributed by atoms with Crippen LogP contribution in [-0.2, 0) is 0 Å². The van der Waals surface area contributed by atoms with Gasteiger partial charge in [0.25, 0.3) is 5.56 Å². The summed E-state index contributed by atoms with van der Waals surface area (Å²) >= 11 is 5.01. The zero-order valence-corrected chi connectivity index (χ0v) is 8.51. The van der Waals surface area contributed by atoms with E-state index in [2.05, 4.69) is 4.98 Å². The van der Waals surface area contributed by atoms with Crippen LogP contribution in [0.4, 0.5) is 0 Å². The molecule has 0 aromatic carbocycles. The van der Waals surface area contributed by atoms with Gasteiger partial charge < -0.3 is 5.11 Å². The van der Waals surface area contributed by atoms with Crippen molar-refractivity contribution in [3.63, 3.8) is 0 Å². The maximum absolute atomic E-state index is 11.0. The van der Waals surface area contributed by atoms with Crippen LogP contribution in [0.2, 0.25) is 0 Å². The van der Waals surface area contributed by atoms with E-state index in [1.165, 1.54) is 6.07 Å². The smallest absolute Gasteiger partial charge is 0.255 e. The largest absolute Gasteiger partial charge is 0.494 e. The van der Waals surface area contributed by atoms with Crippen molar-refractivity contribution in [2.45, 2.75) is 31.7 Å². The topological polar surface area (TPSA) is 58.0 Å². The van der Waals surface area contributed by atoms with Gasteiger partial charge in [-0.05, 0) is 25.1 Å². The Kier molecular flexibility index (Phi) is 2.41. The first-order chi connectivity index (χ1) is 6.68. The van der Waals surface area contributed by atoms with E-state index in [0.717, 1.165) is 25.7 Å². The first-order valence-corrected chi connectivity index (χ1v) is 5.14. The monoisotopic (exact) mass is 212 g/mol. The third-order valence-electron chi connectivity index (χ3n) is 2.65. The van der Waals surface area contributed by atoms with Gasteiger partial charge in [0.15, 0.2) is 10.7 Å². The fourth-order valence-electron chi connectivity index (χ4n) is 2.01. The van der Waals surface area contributed by atoms with E-state index >= 15 is 0 Å². The van der Waals surface area contributed by atoms with E-state index < -0.39 is 0 Å². The summed E-state index contributed by atoms with van der Waals surface area (Å²) in [5, 5.41) is 9.61. The van der Waals surface area contributed by atoms with Gasteiger partial charge in [-0.25, -0.2) is 0 Å². The second kappa shape index (κ2) is 3.57. The van der Waals surface area contributed by atoms with Gasteiger partial charge in [-0.15, -0.1) is 0 Å². The summed E-state index contributed by atoms with van der Waals surface area (Å²) < 4.78 is 1.96. The molecule has 1 aliphatic carbocycles. The summed E-state index contributed by atoms with van der Waals surface area (Å²) in [7, 11) is 0. The average Bonchev–Trinajstić information content (AvgIpc) is 2.54. The molecule has 0 bridgehead atoms. The van der Waals surface area contributed by atoms with Crippen LogP contribution in [0.1, 0.15) is 31.7 Å². The predicted molar refractivity (Wildman–Crippen MR) is 55.1 cm³/mol. The molecule has 4 nitrogen and oxygen atoms in total. The molecule has 2 rings (SSSR count). The number of nitrogens with zero attached hydrogens (tertiary/aromatic N) is 1. The van der Waals surface area contributed by atoms with E-state index in [-0.39, 0.29) is 17.5 Å². The van der Waals surface area contributed by atoms with Crippen molar-refractivity contribution in [2.75, 3.05) is 0 Å². The third-order valence-corrected chi connectivity index (χ3v) is 2.94. The summed E-state index contributed by atoms with van der Waals surface area (Å²) in [6.45, 7) is 0. The molecule has 0 amide bonds. The minimum atomic E-state index is -0.346. The van der Waals surface area contributed by atoms with E-state index in [1.807, 2.05) is 0 Å². The number of aromatic nitrogens is 2. The number of aromatic hydroxyl groups is 1. The highest BCUT2D eigenvalue weighted by Gasteiger charge is 2.19. The minimum Gasteiger partial charge on any atom is -0.494 e. The summed E-state index contributed by atoms with van der Waals surface area (Å²) in [4.78, 5) is 13.5. The van der Waals surface area contributed by atoms with Crippen molar-refractivity contribution in [3.05, 3.63) is 21.2 Å². The lowest BCUT2D eigenvalue weighted by Crippen LogP contribution is -2.15. The van der Waals surface area contributed by atoms with Gasteiger partial charge in [-0.3, -0.25) is 14.3 Å². The molecule has 0 saturated heterocycles. The van der Waals surface area contributed by atoms with Crippen LogP contribution in [-0.4, -0.2) is 14.7 Å². The second-order valence-corrected chi connectivity index (χ2v) is 3.99. The molecular formula is C9H12N2O2S. The standard InChI is InChI=1S/C9H12N2O2S/c12-7-5-8(13)11(9(14)10-7)6-3-1-2-4-6/h5-6,13H,1-4H2,(H,10,12,14). The van der Waals surface area contributed by atoms with Gasteiger partial charge in [0.2, 0.25) is 0 Å². The van der Waals surface area contributed by atoms with Gasteiger partial charge in [0, 0.05) is 6.04 Å². The first-order valence-electron chi connectivity index (χ1n) is 4.73. The molecule has 0 aliphatic heterocycles. The van der Waals surface area contributed by atoms with Crippen molar-refractivity contribution in [3.8, 4) is 5.88 Å². The number of nitrogens with one attached hydrogen (secondary N) is 1. The fourth-order valence-corrected chi connectivity index (χ4v) is 2.35. The first kappa shape index (κ1) is 9.45. The fraction of sp³-hybridized carbons (Fsp3) is 0.556. The minimum absolute atomic E-state index is 0.0225. The Bertz CT molecular complexity index is 443. The Labute approximate surface area is 86.2 Å². The lowest BCUT2D eigenvalue weighted by molar-refractivity contribution is 0.368. The van der Waals surface area contributed by atoms with E-state index in [9.17, 15) is 9.90 Å². The normalized spacial score (nSPS) is 17.4. The highest BCUT2D eigenvalue weighted by Crippen LogP contribution is 2.31. The van der Waals surface area contributed by atoms with Gasteiger partial charge in [-0.1, -0.05) is 12.8 Å².